The summed E-state index contributed by atoms with van der Waals surface area (Å²) in [6.07, 6.45) is 1.61. The van der Waals surface area contributed by atoms with Crippen LogP contribution in [0.4, 0.5) is 10.1 Å². The molecule has 0 aliphatic heterocycles. The molecular formula is C20H19ClFN2O2+. The van der Waals surface area contributed by atoms with Crippen LogP contribution in [0.2, 0.25) is 5.02 Å². The van der Waals surface area contributed by atoms with Crippen molar-refractivity contribution in [1.29, 1.82) is 0 Å². The number of anilines is 1. The summed E-state index contributed by atoms with van der Waals surface area (Å²) in [7, 11) is 0. The number of halogens is 2. The highest BCUT2D eigenvalue weighted by atomic mass is 35.5. The number of nitrogens with one attached hydrogen (secondary N) is 1. The first kappa shape index (κ1) is 18.2. The van der Waals surface area contributed by atoms with Crippen LogP contribution in [0.15, 0.2) is 71.3 Å². The Morgan fingerprint density at radius 1 is 1.15 bits per heavy atom. The van der Waals surface area contributed by atoms with Gasteiger partial charge in [0, 0.05) is 5.56 Å². The first-order chi connectivity index (χ1) is 12.5. The molecule has 0 spiro atoms. The second kappa shape index (κ2) is 8.17. The molecule has 3 N–H and O–H groups in total. The normalized spacial score (nSPS) is 13.2. The fourth-order valence-electron chi connectivity index (χ4n) is 2.71. The van der Waals surface area contributed by atoms with E-state index in [1.807, 2.05) is 47.8 Å². The maximum atomic E-state index is 13.1. The van der Waals surface area contributed by atoms with Gasteiger partial charge in [-0.1, -0.05) is 41.9 Å². The molecular weight excluding hydrogens is 355 g/mol. The molecule has 0 bridgehead atoms. The highest BCUT2D eigenvalue weighted by Gasteiger charge is 2.27. The van der Waals surface area contributed by atoms with Gasteiger partial charge in [-0.2, -0.15) is 0 Å². The van der Waals surface area contributed by atoms with Gasteiger partial charge in [-0.25, -0.2) is 4.39 Å². The van der Waals surface area contributed by atoms with Gasteiger partial charge < -0.3 is 15.1 Å². The number of carbonyl (C=O) groups is 1. The summed E-state index contributed by atoms with van der Waals surface area (Å²) in [4.78, 5) is 12.6. The van der Waals surface area contributed by atoms with E-state index in [4.69, 9.17) is 16.0 Å². The summed E-state index contributed by atoms with van der Waals surface area (Å²) in [5, 5.41) is 4.82. The minimum Gasteiger partial charge on any atom is -0.463 e. The predicted molar refractivity (Wildman–Crippen MR) is 98.4 cm³/mol. The molecule has 2 atom stereocenters. The number of benzene rings is 2. The standard InChI is InChI=1S/C20H18ClFN2O2/c1-13(20(25)24-17-10-9-15(22)12-16(17)21)23-19(18-8-5-11-26-18)14-6-3-2-4-7-14/h2-13,19,23H,1H3,(H,24,25)/p+1/t13-,19-/m1/s1. The average Bonchev–Trinajstić information content (AvgIpc) is 3.17. The Morgan fingerprint density at radius 3 is 2.58 bits per heavy atom. The summed E-state index contributed by atoms with van der Waals surface area (Å²) in [6.45, 7) is 1.80. The number of amides is 1. The number of hydrogen-bond donors (Lipinski definition) is 2. The molecule has 1 heterocycles. The molecule has 3 aromatic rings. The van der Waals surface area contributed by atoms with Crippen LogP contribution in [0.1, 0.15) is 24.3 Å². The largest absolute Gasteiger partial charge is 0.463 e. The van der Waals surface area contributed by atoms with Gasteiger partial charge in [0.25, 0.3) is 5.91 Å². The molecule has 26 heavy (non-hydrogen) atoms. The second-order valence-corrected chi connectivity index (χ2v) is 6.41. The van der Waals surface area contributed by atoms with Gasteiger partial charge in [0.1, 0.15) is 5.82 Å². The van der Waals surface area contributed by atoms with E-state index in [0.29, 0.717) is 5.69 Å². The number of carbonyl (C=O) groups excluding carboxylic acids is 1. The topological polar surface area (TPSA) is 58.9 Å². The summed E-state index contributed by atoms with van der Waals surface area (Å²) in [5.41, 5.74) is 1.41. The molecule has 6 heteroatoms. The van der Waals surface area contributed by atoms with Gasteiger partial charge >= 0.3 is 0 Å². The Bertz CT molecular complexity index is 869. The number of hydrogen-bond acceptors (Lipinski definition) is 2. The van der Waals surface area contributed by atoms with Crippen molar-refractivity contribution >= 4 is 23.2 Å². The molecule has 2 aromatic carbocycles. The van der Waals surface area contributed by atoms with Crippen molar-refractivity contribution in [3.05, 3.63) is 89.1 Å². The number of nitrogens with two attached hydrogens (primary N) is 1. The summed E-state index contributed by atoms with van der Waals surface area (Å²) in [5.74, 6) is 0.0798. The lowest BCUT2D eigenvalue weighted by molar-refractivity contribution is -0.706. The van der Waals surface area contributed by atoms with E-state index in [-0.39, 0.29) is 17.0 Å². The van der Waals surface area contributed by atoms with Crippen LogP contribution in [-0.4, -0.2) is 11.9 Å². The minimum atomic E-state index is -0.449. The van der Waals surface area contributed by atoms with Crippen LogP contribution in [-0.2, 0) is 4.79 Å². The van der Waals surface area contributed by atoms with Gasteiger partial charge in [0.2, 0.25) is 0 Å². The zero-order valence-electron chi connectivity index (χ0n) is 14.2. The smallest absolute Gasteiger partial charge is 0.282 e. The third-order valence-corrected chi connectivity index (χ3v) is 4.40. The highest BCUT2D eigenvalue weighted by molar-refractivity contribution is 6.33. The zero-order valence-corrected chi connectivity index (χ0v) is 14.9. The van der Waals surface area contributed by atoms with Crippen LogP contribution >= 0.6 is 11.6 Å². The van der Waals surface area contributed by atoms with E-state index in [0.717, 1.165) is 11.3 Å². The summed E-state index contributed by atoms with van der Waals surface area (Å²) in [6, 6.07) is 16.8. The molecule has 0 aliphatic rings. The van der Waals surface area contributed by atoms with Crippen molar-refractivity contribution in [3.63, 3.8) is 0 Å². The van der Waals surface area contributed by atoms with Crippen molar-refractivity contribution < 1.29 is 18.9 Å². The fourth-order valence-corrected chi connectivity index (χ4v) is 2.93. The van der Waals surface area contributed by atoms with Crippen molar-refractivity contribution in [1.82, 2.24) is 0 Å². The number of furan rings is 1. The van der Waals surface area contributed by atoms with Crippen molar-refractivity contribution in [2.45, 2.75) is 19.0 Å². The quantitative estimate of drug-likeness (QED) is 0.691. The first-order valence-corrected chi connectivity index (χ1v) is 8.61. The van der Waals surface area contributed by atoms with Gasteiger partial charge in [0.15, 0.2) is 17.8 Å². The SMILES string of the molecule is C[C@@H]([NH2+][C@H](c1ccccc1)c1ccco1)C(=O)Nc1ccc(F)cc1Cl. The Balaban J connectivity index is 1.75. The Labute approximate surface area is 156 Å². The molecule has 0 aliphatic carbocycles. The van der Waals surface area contributed by atoms with E-state index >= 15 is 0 Å². The van der Waals surface area contributed by atoms with Gasteiger partial charge in [0.05, 0.1) is 17.0 Å². The molecule has 134 valence electrons. The molecule has 0 saturated heterocycles. The number of quaternary nitrogens is 1. The molecule has 3 rings (SSSR count). The molecule has 0 unspecified atom stereocenters. The van der Waals surface area contributed by atoms with E-state index in [1.165, 1.54) is 18.2 Å². The lowest BCUT2D eigenvalue weighted by atomic mass is 10.0. The van der Waals surface area contributed by atoms with E-state index in [2.05, 4.69) is 5.32 Å². The molecule has 0 fully saturated rings. The van der Waals surface area contributed by atoms with Crippen LogP contribution in [0.25, 0.3) is 0 Å². The lowest BCUT2D eigenvalue weighted by Crippen LogP contribution is -2.92. The van der Waals surface area contributed by atoms with Crippen LogP contribution in [0, 0.1) is 5.82 Å². The minimum absolute atomic E-state index is 0.157. The lowest BCUT2D eigenvalue weighted by Gasteiger charge is -2.19. The Morgan fingerprint density at radius 2 is 1.92 bits per heavy atom. The average molecular weight is 374 g/mol. The van der Waals surface area contributed by atoms with Gasteiger partial charge in [-0.15, -0.1) is 0 Å². The number of rotatable bonds is 6. The van der Waals surface area contributed by atoms with Crippen molar-refractivity contribution in [3.8, 4) is 0 Å². The van der Waals surface area contributed by atoms with Gasteiger partial charge in [-0.3, -0.25) is 4.79 Å². The molecule has 1 amide bonds. The molecule has 1 aromatic heterocycles. The molecule has 4 nitrogen and oxygen atoms in total. The maximum absolute atomic E-state index is 13.1. The van der Waals surface area contributed by atoms with Crippen LogP contribution in [0.5, 0.6) is 0 Å². The predicted octanol–water partition coefficient (Wildman–Crippen LogP) is 3.75. The van der Waals surface area contributed by atoms with Crippen molar-refractivity contribution in [2.24, 2.45) is 0 Å². The Kier molecular flexibility index (Phi) is 5.71. The third kappa shape index (κ3) is 4.31. The van der Waals surface area contributed by atoms with Crippen LogP contribution in [0.3, 0.4) is 0 Å². The molecule has 0 radical (unpaired) electrons. The summed E-state index contributed by atoms with van der Waals surface area (Å²) < 4.78 is 18.7. The van der Waals surface area contributed by atoms with Crippen LogP contribution < -0.4 is 10.6 Å². The molecule has 0 saturated carbocycles. The maximum Gasteiger partial charge on any atom is 0.282 e. The first-order valence-electron chi connectivity index (χ1n) is 8.24. The monoisotopic (exact) mass is 373 g/mol. The van der Waals surface area contributed by atoms with E-state index in [9.17, 15) is 9.18 Å². The third-order valence-electron chi connectivity index (χ3n) is 4.09. The second-order valence-electron chi connectivity index (χ2n) is 6.00. The van der Waals surface area contributed by atoms with E-state index < -0.39 is 11.9 Å². The van der Waals surface area contributed by atoms with Gasteiger partial charge in [-0.05, 0) is 37.3 Å². The zero-order chi connectivity index (χ0) is 18.5. The van der Waals surface area contributed by atoms with E-state index in [1.54, 1.807) is 13.2 Å². The Hall–Kier alpha value is -2.63. The van der Waals surface area contributed by atoms with Crippen molar-refractivity contribution in [2.75, 3.05) is 5.32 Å². The fraction of sp³-hybridized carbons (Fsp3) is 0.150. The summed E-state index contributed by atoms with van der Waals surface area (Å²) >= 11 is 5.98. The highest BCUT2D eigenvalue weighted by Crippen LogP contribution is 2.23.